The Labute approximate surface area is 94.9 Å². The minimum atomic E-state index is -0.563. The highest BCUT2D eigenvalue weighted by Crippen LogP contribution is 2.19. The Balaban J connectivity index is 2.71. The molecule has 0 atom stereocenters. The number of carbonyl (C=O) groups is 1. The van der Waals surface area contributed by atoms with E-state index in [1.54, 1.807) is 20.0 Å². The lowest BCUT2D eigenvalue weighted by molar-refractivity contribution is -0.122. The van der Waals surface area contributed by atoms with Crippen LogP contribution in [-0.2, 0) is 4.79 Å². The van der Waals surface area contributed by atoms with E-state index in [2.05, 4.69) is 10.3 Å². The number of aryl methyl sites for hydroxylation is 1. The summed E-state index contributed by atoms with van der Waals surface area (Å²) in [6.45, 7) is 5.50. The highest BCUT2D eigenvalue weighted by molar-refractivity contribution is 6.20. The van der Waals surface area contributed by atoms with E-state index in [9.17, 15) is 4.79 Å². The second-order valence-corrected chi connectivity index (χ2v) is 4.43. The van der Waals surface area contributed by atoms with E-state index < -0.39 is 5.41 Å². The molecule has 0 bridgehead atoms. The highest BCUT2D eigenvalue weighted by atomic mass is 35.5. The fourth-order valence-corrected chi connectivity index (χ4v) is 1.02. The van der Waals surface area contributed by atoms with Gasteiger partial charge in [-0.2, -0.15) is 0 Å². The molecule has 82 valence electrons. The van der Waals surface area contributed by atoms with Gasteiger partial charge in [0.2, 0.25) is 5.91 Å². The lowest BCUT2D eigenvalue weighted by Crippen LogP contribution is -2.32. The van der Waals surface area contributed by atoms with Crippen molar-refractivity contribution in [3.05, 3.63) is 24.0 Å². The Morgan fingerprint density at radius 2 is 2.20 bits per heavy atom. The number of rotatable bonds is 3. The van der Waals surface area contributed by atoms with Gasteiger partial charge in [-0.25, -0.2) is 0 Å². The second kappa shape index (κ2) is 4.62. The molecule has 0 aliphatic heterocycles. The van der Waals surface area contributed by atoms with E-state index in [0.29, 0.717) is 5.69 Å². The van der Waals surface area contributed by atoms with Crippen LogP contribution in [0.4, 0.5) is 5.69 Å². The summed E-state index contributed by atoms with van der Waals surface area (Å²) in [6.07, 6.45) is 1.64. The lowest BCUT2D eigenvalue weighted by Gasteiger charge is -2.20. The summed E-state index contributed by atoms with van der Waals surface area (Å²) in [5, 5.41) is 2.77. The van der Waals surface area contributed by atoms with E-state index in [-0.39, 0.29) is 11.8 Å². The first kappa shape index (κ1) is 12.0. The van der Waals surface area contributed by atoms with Gasteiger partial charge in [-0.05, 0) is 32.9 Å². The van der Waals surface area contributed by atoms with Crippen molar-refractivity contribution in [2.75, 3.05) is 11.2 Å². The molecule has 1 aromatic rings. The van der Waals surface area contributed by atoms with E-state index >= 15 is 0 Å². The molecular formula is C11H15ClN2O. The van der Waals surface area contributed by atoms with Crippen molar-refractivity contribution in [1.29, 1.82) is 0 Å². The van der Waals surface area contributed by atoms with E-state index in [1.165, 1.54) is 0 Å². The van der Waals surface area contributed by atoms with Crippen LogP contribution in [-0.4, -0.2) is 16.8 Å². The molecule has 0 saturated carbocycles. The first-order valence-corrected chi connectivity index (χ1v) is 5.29. The van der Waals surface area contributed by atoms with Gasteiger partial charge in [0.1, 0.15) is 0 Å². The van der Waals surface area contributed by atoms with Crippen LogP contribution in [0.5, 0.6) is 0 Å². The maximum Gasteiger partial charge on any atom is 0.231 e. The van der Waals surface area contributed by atoms with Crippen molar-refractivity contribution in [2.24, 2.45) is 5.41 Å². The molecule has 1 amide bonds. The number of anilines is 1. The van der Waals surface area contributed by atoms with Gasteiger partial charge < -0.3 is 5.32 Å². The van der Waals surface area contributed by atoms with Crippen molar-refractivity contribution < 1.29 is 4.79 Å². The van der Waals surface area contributed by atoms with Crippen molar-refractivity contribution in [3.8, 4) is 0 Å². The summed E-state index contributed by atoms with van der Waals surface area (Å²) in [7, 11) is 0. The van der Waals surface area contributed by atoms with Gasteiger partial charge in [-0.1, -0.05) is 0 Å². The Morgan fingerprint density at radius 3 is 2.67 bits per heavy atom. The SMILES string of the molecule is Cc1ccc(NC(=O)C(C)(C)CCl)cn1. The molecule has 4 heteroatoms. The molecule has 0 saturated heterocycles. The number of alkyl halides is 1. The maximum atomic E-state index is 11.7. The molecule has 1 aromatic heterocycles. The average Bonchev–Trinajstić information content (AvgIpc) is 2.21. The Morgan fingerprint density at radius 1 is 1.53 bits per heavy atom. The van der Waals surface area contributed by atoms with Gasteiger partial charge in [-0.3, -0.25) is 9.78 Å². The first-order chi connectivity index (χ1) is 6.95. The predicted octanol–water partition coefficient (Wildman–Crippen LogP) is 2.59. The van der Waals surface area contributed by atoms with Crippen LogP contribution < -0.4 is 5.32 Å². The predicted molar refractivity (Wildman–Crippen MR) is 62.1 cm³/mol. The van der Waals surface area contributed by atoms with Gasteiger partial charge in [0.15, 0.2) is 0 Å². The van der Waals surface area contributed by atoms with Crippen molar-refractivity contribution >= 4 is 23.2 Å². The molecule has 0 aliphatic carbocycles. The van der Waals surface area contributed by atoms with Crippen molar-refractivity contribution in [3.63, 3.8) is 0 Å². The maximum absolute atomic E-state index is 11.7. The number of pyridine rings is 1. The summed E-state index contributed by atoms with van der Waals surface area (Å²) in [5.41, 5.74) is 1.06. The van der Waals surface area contributed by atoms with Gasteiger partial charge >= 0.3 is 0 Å². The van der Waals surface area contributed by atoms with Crippen molar-refractivity contribution in [2.45, 2.75) is 20.8 Å². The van der Waals surface area contributed by atoms with Crippen LogP contribution in [0.2, 0.25) is 0 Å². The van der Waals surface area contributed by atoms with Crippen LogP contribution >= 0.6 is 11.6 Å². The molecule has 0 aliphatic rings. The fourth-order valence-electron chi connectivity index (χ4n) is 0.903. The molecule has 1 rings (SSSR count). The number of hydrogen-bond acceptors (Lipinski definition) is 2. The third kappa shape index (κ3) is 3.20. The van der Waals surface area contributed by atoms with Gasteiger partial charge in [0.25, 0.3) is 0 Å². The number of hydrogen-bond donors (Lipinski definition) is 1. The normalized spacial score (nSPS) is 11.2. The van der Waals surface area contributed by atoms with Crippen LogP contribution in [0, 0.1) is 12.3 Å². The van der Waals surface area contributed by atoms with Gasteiger partial charge in [-0.15, -0.1) is 11.6 Å². The minimum absolute atomic E-state index is 0.0943. The zero-order valence-electron chi connectivity index (χ0n) is 9.17. The standard InChI is InChI=1S/C11H15ClN2O/c1-8-4-5-9(6-13-8)14-10(15)11(2,3)7-12/h4-6H,7H2,1-3H3,(H,14,15). The first-order valence-electron chi connectivity index (χ1n) is 4.76. The molecule has 3 nitrogen and oxygen atoms in total. The average molecular weight is 227 g/mol. The van der Waals surface area contributed by atoms with E-state index in [0.717, 1.165) is 5.69 Å². The highest BCUT2D eigenvalue weighted by Gasteiger charge is 2.26. The molecular weight excluding hydrogens is 212 g/mol. The number of nitrogens with zero attached hydrogens (tertiary/aromatic N) is 1. The zero-order chi connectivity index (χ0) is 11.5. The Hall–Kier alpha value is -1.09. The van der Waals surface area contributed by atoms with E-state index in [1.807, 2.05) is 19.1 Å². The molecule has 1 N–H and O–H groups in total. The number of aromatic nitrogens is 1. The second-order valence-electron chi connectivity index (χ2n) is 4.16. The largest absolute Gasteiger partial charge is 0.324 e. The molecule has 1 heterocycles. The monoisotopic (exact) mass is 226 g/mol. The number of halogens is 1. The van der Waals surface area contributed by atoms with Crippen LogP contribution in [0.3, 0.4) is 0 Å². The van der Waals surface area contributed by atoms with E-state index in [4.69, 9.17) is 11.6 Å². The Bertz CT molecular complexity index is 346. The molecule has 0 unspecified atom stereocenters. The smallest absolute Gasteiger partial charge is 0.231 e. The topological polar surface area (TPSA) is 42.0 Å². The molecule has 0 fully saturated rings. The number of carbonyl (C=O) groups excluding carboxylic acids is 1. The number of amides is 1. The third-order valence-corrected chi connectivity index (χ3v) is 2.79. The molecule has 0 spiro atoms. The lowest BCUT2D eigenvalue weighted by atomic mass is 9.95. The van der Waals surface area contributed by atoms with Crippen LogP contribution in [0.1, 0.15) is 19.5 Å². The summed E-state index contributed by atoms with van der Waals surface area (Å²) in [6, 6.07) is 3.67. The van der Waals surface area contributed by atoms with Crippen molar-refractivity contribution in [1.82, 2.24) is 4.98 Å². The zero-order valence-corrected chi connectivity index (χ0v) is 9.93. The minimum Gasteiger partial charge on any atom is -0.324 e. The van der Waals surface area contributed by atoms with Gasteiger partial charge in [0, 0.05) is 11.6 Å². The summed E-state index contributed by atoms with van der Waals surface area (Å²) < 4.78 is 0. The Kier molecular flexibility index (Phi) is 3.69. The summed E-state index contributed by atoms with van der Waals surface area (Å²) >= 11 is 5.70. The fraction of sp³-hybridized carbons (Fsp3) is 0.455. The molecule has 15 heavy (non-hydrogen) atoms. The third-order valence-electron chi connectivity index (χ3n) is 2.12. The molecule has 0 aromatic carbocycles. The summed E-state index contributed by atoms with van der Waals surface area (Å²) in [4.78, 5) is 15.8. The summed E-state index contributed by atoms with van der Waals surface area (Å²) in [5.74, 6) is 0.196. The van der Waals surface area contributed by atoms with Crippen LogP contribution in [0.15, 0.2) is 18.3 Å². The van der Waals surface area contributed by atoms with Crippen LogP contribution in [0.25, 0.3) is 0 Å². The van der Waals surface area contributed by atoms with Gasteiger partial charge in [0.05, 0.1) is 17.3 Å². The quantitative estimate of drug-likeness (QED) is 0.805. The number of nitrogens with one attached hydrogen (secondary N) is 1. The molecule has 0 radical (unpaired) electrons.